The highest BCUT2D eigenvalue weighted by atomic mass is 19.3. The van der Waals surface area contributed by atoms with Gasteiger partial charge in [0.15, 0.2) is 0 Å². The van der Waals surface area contributed by atoms with Crippen molar-refractivity contribution in [3.05, 3.63) is 23.6 Å². The van der Waals surface area contributed by atoms with Crippen LogP contribution in [0.15, 0.2) is 12.3 Å². The summed E-state index contributed by atoms with van der Waals surface area (Å²) < 4.78 is 38.0. The average Bonchev–Trinajstić information content (AvgIpc) is 2.24. The number of rotatable bonds is 5. The molecule has 0 aliphatic carbocycles. The lowest BCUT2D eigenvalue weighted by Crippen LogP contribution is -2.36. The van der Waals surface area contributed by atoms with Crippen molar-refractivity contribution in [1.82, 2.24) is 10.3 Å². The van der Waals surface area contributed by atoms with Crippen molar-refractivity contribution < 1.29 is 13.2 Å². The molecule has 19 heavy (non-hydrogen) atoms. The van der Waals surface area contributed by atoms with Gasteiger partial charge in [-0.2, -0.15) is 0 Å². The minimum Gasteiger partial charge on any atom is -0.354 e. The lowest BCUT2D eigenvalue weighted by molar-refractivity contribution is 0.156. The normalized spacial score (nSPS) is 12.0. The molecule has 0 saturated heterocycles. The first-order valence-corrected chi connectivity index (χ1v) is 6.08. The van der Waals surface area contributed by atoms with Crippen LogP contribution >= 0.6 is 0 Å². The molecular formula is C13H20F3N3. The second kappa shape index (κ2) is 6.23. The summed E-state index contributed by atoms with van der Waals surface area (Å²) >= 11 is 0. The van der Waals surface area contributed by atoms with Crippen LogP contribution in [0, 0.1) is 5.82 Å². The SMILES string of the molecule is CN(CC(F)F)c1ncc(F)cc1CNC(C)(C)C. The number of hydrogen-bond acceptors (Lipinski definition) is 3. The van der Waals surface area contributed by atoms with E-state index in [2.05, 4.69) is 10.3 Å². The minimum absolute atomic E-state index is 0.148. The molecule has 1 aromatic heterocycles. The van der Waals surface area contributed by atoms with E-state index in [1.807, 2.05) is 20.8 Å². The fourth-order valence-corrected chi connectivity index (χ4v) is 1.60. The van der Waals surface area contributed by atoms with Gasteiger partial charge in [0.25, 0.3) is 6.43 Å². The van der Waals surface area contributed by atoms with Crippen LogP contribution in [-0.2, 0) is 6.54 Å². The van der Waals surface area contributed by atoms with Gasteiger partial charge < -0.3 is 10.2 Å². The highest BCUT2D eigenvalue weighted by Crippen LogP contribution is 2.19. The number of hydrogen-bond donors (Lipinski definition) is 1. The van der Waals surface area contributed by atoms with Crippen molar-refractivity contribution in [2.45, 2.75) is 39.3 Å². The molecule has 108 valence electrons. The summed E-state index contributed by atoms with van der Waals surface area (Å²) in [5.74, 6) is -0.0987. The first kappa shape index (κ1) is 15.8. The zero-order valence-electron chi connectivity index (χ0n) is 11.7. The molecule has 0 spiro atoms. The van der Waals surface area contributed by atoms with E-state index in [9.17, 15) is 13.2 Å². The highest BCUT2D eigenvalue weighted by Gasteiger charge is 2.16. The van der Waals surface area contributed by atoms with Crippen LogP contribution in [-0.4, -0.2) is 30.5 Å². The largest absolute Gasteiger partial charge is 0.354 e. The molecule has 1 heterocycles. The van der Waals surface area contributed by atoms with Gasteiger partial charge in [-0.15, -0.1) is 0 Å². The van der Waals surface area contributed by atoms with E-state index in [4.69, 9.17) is 0 Å². The molecular weight excluding hydrogens is 255 g/mol. The predicted octanol–water partition coefficient (Wildman–Crippen LogP) is 2.81. The predicted molar refractivity (Wildman–Crippen MR) is 70.1 cm³/mol. The molecule has 0 saturated carbocycles. The van der Waals surface area contributed by atoms with E-state index in [0.29, 0.717) is 17.9 Å². The molecule has 1 N–H and O–H groups in total. The molecule has 1 aromatic rings. The molecule has 0 aromatic carbocycles. The van der Waals surface area contributed by atoms with Crippen molar-refractivity contribution in [3.63, 3.8) is 0 Å². The number of halogens is 3. The standard InChI is InChI=1S/C13H20F3N3/c1-13(2,3)18-6-9-5-10(14)7-17-12(9)19(4)8-11(15)16/h5,7,11,18H,6,8H2,1-4H3. The first-order valence-electron chi connectivity index (χ1n) is 6.08. The van der Waals surface area contributed by atoms with Gasteiger partial charge in [-0.25, -0.2) is 18.2 Å². The zero-order chi connectivity index (χ0) is 14.6. The second-order valence-corrected chi connectivity index (χ2v) is 5.51. The monoisotopic (exact) mass is 275 g/mol. The first-order chi connectivity index (χ1) is 8.69. The van der Waals surface area contributed by atoms with Crippen LogP contribution in [0.4, 0.5) is 19.0 Å². The van der Waals surface area contributed by atoms with E-state index >= 15 is 0 Å². The maximum absolute atomic E-state index is 13.2. The smallest absolute Gasteiger partial charge is 0.255 e. The molecule has 0 aliphatic rings. The van der Waals surface area contributed by atoms with Gasteiger partial charge in [0, 0.05) is 24.7 Å². The number of aromatic nitrogens is 1. The Labute approximate surface area is 111 Å². The average molecular weight is 275 g/mol. The number of pyridine rings is 1. The van der Waals surface area contributed by atoms with E-state index in [1.165, 1.54) is 18.0 Å². The molecule has 0 atom stereocenters. The van der Waals surface area contributed by atoms with Crippen molar-refractivity contribution in [2.24, 2.45) is 0 Å². The summed E-state index contributed by atoms with van der Waals surface area (Å²) in [5.41, 5.74) is 0.420. The Balaban J connectivity index is 2.91. The van der Waals surface area contributed by atoms with E-state index in [1.54, 1.807) is 0 Å². The van der Waals surface area contributed by atoms with Gasteiger partial charge in [-0.3, -0.25) is 0 Å². The summed E-state index contributed by atoms with van der Waals surface area (Å²) in [6.07, 6.45) is -1.42. The van der Waals surface area contributed by atoms with Crippen LogP contribution in [0.5, 0.6) is 0 Å². The number of anilines is 1. The lowest BCUT2D eigenvalue weighted by Gasteiger charge is -2.24. The number of alkyl halides is 2. The van der Waals surface area contributed by atoms with Crippen molar-refractivity contribution in [1.29, 1.82) is 0 Å². The molecule has 6 heteroatoms. The summed E-state index contributed by atoms with van der Waals surface area (Å²) in [7, 11) is 1.52. The summed E-state index contributed by atoms with van der Waals surface area (Å²) in [5, 5.41) is 3.19. The van der Waals surface area contributed by atoms with Crippen molar-refractivity contribution >= 4 is 5.82 Å². The van der Waals surface area contributed by atoms with Gasteiger partial charge >= 0.3 is 0 Å². The molecule has 0 fully saturated rings. The second-order valence-electron chi connectivity index (χ2n) is 5.51. The highest BCUT2D eigenvalue weighted by molar-refractivity contribution is 5.46. The third-order valence-corrected chi connectivity index (χ3v) is 2.49. The van der Waals surface area contributed by atoms with Crippen LogP contribution < -0.4 is 10.2 Å². The Kier molecular flexibility index (Phi) is 5.17. The Morgan fingerprint density at radius 1 is 1.37 bits per heavy atom. The van der Waals surface area contributed by atoms with Crippen molar-refractivity contribution in [3.8, 4) is 0 Å². The Morgan fingerprint density at radius 3 is 2.53 bits per heavy atom. The van der Waals surface area contributed by atoms with Crippen LogP contribution in [0.1, 0.15) is 26.3 Å². The molecule has 0 bridgehead atoms. The van der Waals surface area contributed by atoms with Gasteiger partial charge in [0.1, 0.15) is 11.6 Å². The number of nitrogens with one attached hydrogen (secondary N) is 1. The topological polar surface area (TPSA) is 28.2 Å². The Hall–Kier alpha value is -1.30. The quantitative estimate of drug-likeness (QED) is 0.895. The third-order valence-electron chi connectivity index (χ3n) is 2.49. The van der Waals surface area contributed by atoms with E-state index in [0.717, 1.165) is 6.20 Å². The molecule has 0 radical (unpaired) electrons. The summed E-state index contributed by atoms with van der Waals surface area (Å²) in [6.45, 7) is 5.87. The zero-order valence-corrected chi connectivity index (χ0v) is 11.7. The molecule has 3 nitrogen and oxygen atoms in total. The Bertz CT molecular complexity index is 416. The van der Waals surface area contributed by atoms with Crippen LogP contribution in [0.25, 0.3) is 0 Å². The summed E-state index contributed by atoms with van der Waals surface area (Å²) in [6, 6.07) is 1.32. The maximum atomic E-state index is 13.2. The summed E-state index contributed by atoms with van der Waals surface area (Å²) in [4.78, 5) is 5.25. The van der Waals surface area contributed by atoms with E-state index < -0.39 is 18.8 Å². The van der Waals surface area contributed by atoms with Gasteiger partial charge in [-0.1, -0.05) is 0 Å². The molecule has 0 amide bonds. The number of nitrogens with zero attached hydrogens (tertiary/aromatic N) is 2. The fourth-order valence-electron chi connectivity index (χ4n) is 1.60. The Morgan fingerprint density at radius 2 is 2.00 bits per heavy atom. The lowest BCUT2D eigenvalue weighted by atomic mass is 10.1. The van der Waals surface area contributed by atoms with Gasteiger partial charge in [0.05, 0.1) is 12.7 Å². The molecule has 0 aliphatic heterocycles. The molecule has 1 rings (SSSR count). The molecule has 0 unspecified atom stereocenters. The maximum Gasteiger partial charge on any atom is 0.255 e. The fraction of sp³-hybridized carbons (Fsp3) is 0.615. The van der Waals surface area contributed by atoms with Gasteiger partial charge in [-0.05, 0) is 26.8 Å². The minimum atomic E-state index is -2.46. The van der Waals surface area contributed by atoms with Gasteiger partial charge in [0.2, 0.25) is 0 Å². The third kappa shape index (κ3) is 5.46. The van der Waals surface area contributed by atoms with Crippen molar-refractivity contribution in [2.75, 3.05) is 18.5 Å². The van der Waals surface area contributed by atoms with E-state index in [-0.39, 0.29) is 5.54 Å². The van der Waals surface area contributed by atoms with Crippen LogP contribution in [0.2, 0.25) is 0 Å². The van der Waals surface area contributed by atoms with Crippen LogP contribution in [0.3, 0.4) is 0 Å².